The second-order valence-corrected chi connectivity index (χ2v) is 4.62. The van der Waals surface area contributed by atoms with Crippen molar-refractivity contribution in [1.82, 2.24) is 4.98 Å². The zero-order valence-corrected chi connectivity index (χ0v) is 12.8. The molecule has 0 aliphatic heterocycles. The topological polar surface area (TPSA) is 40.6 Å². The smallest absolute Gasteiger partial charge is 0.220 e. The Morgan fingerprint density at radius 1 is 1.05 bits per heavy atom. The summed E-state index contributed by atoms with van der Waals surface area (Å²) in [5.74, 6) is 1.84. The highest BCUT2D eigenvalue weighted by Crippen LogP contribution is 2.32. The summed E-state index contributed by atoms with van der Waals surface area (Å²) >= 11 is 3.31. The van der Waals surface area contributed by atoms with Crippen molar-refractivity contribution in [3.8, 4) is 17.4 Å². The summed E-state index contributed by atoms with van der Waals surface area (Å²) in [5, 5.41) is 0. The molecule has 0 saturated heterocycles. The number of pyridine rings is 1. The zero-order chi connectivity index (χ0) is 14.4. The molecule has 0 bridgehead atoms. The Bertz CT molecular complexity index is 614. The van der Waals surface area contributed by atoms with E-state index in [0.717, 1.165) is 5.56 Å². The largest absolute Gasteiger partial charge is 0.504 e. The zero-order valence-electron chi connectivity index (χ0n) is 11.2. The van der Waals surface area contributed by atoms with Crippen molar-refractivity contribution in [2.45, 2.75) is 0 Å². The highest BCUT2D eigenvalue weighted by Gasteiger charge is 2.09. The Labute approximate surface area is 126 Å². The van der Waals surface area contributed by atoms with E-state index in [9.17, 15) is 0 Å². The Kier molecular flexibility index (Phi) is 5.01. The van der Waals surface area contributed by atoms with E-state index in [0.29, 0.717) is 22.0 Å². The van der Waals surface area contributed by atoms with Crippen LogP contribution in [0, 0.1) is 0 Å². The van der Waals surface area contributed by atoms with Crippen LogP contribution in [0.3, 0.4) is 0 Å². The van der Waals surface area contributed by atoms with Gasteiger partial charge in [-0.1, -0.05) is 12.1 Å². The molecule has 5 heteroatoms. The fourth-order valence-corrected chi connectivity index (χ4v) is 1.98. The van der Waals surface area contributed by atoms with Gasteiger partial charge < -0.3 is 14.2 Å². The van der Waals surface area contributed by atoms with Crippen molar-refractivity contribution in [3.63, 3.8) is 0 Å². The number of rotatable bonds is 5. The number of halogens is 1. The highest BCUT2D eigenvalue weighted by molar-refractivity contribution is 9.10. The molecule has 1 aromatic carbocycles. The maximum atomic E-state index is 5.80. The van der Waals surface area contributed by atoms with Gasteiger partial charge in [0.1, 0.15) is 16.1 Å². The Morgan fingerprint density at radius 2 is 1.80 bits per heavy atom. The van der Waals surface area contributed by atoms with Crippen LogP contribution in [0.1, 0.15) is 5.56 Å². The van der Waals surface area contributed by atoms with Gasteiger partial charge in [-0.2, -0.15) is 0 Å². The normalized spacial score (nSPS) is 10.6. The molecule has 0 aliphatic carbocycles. The van der Waals surface area contributed by atoms with Gasteiger partial charge in [-0.15, -0.1) is 0 Å². The molecule has 0 N–H and O–H groups in total. The maximum absolute atomic E-state index is 5.80. The molecule has 4 nitrogen and oxygen atoms in total. The predicted molar refractivity (Wildman–Crippen MR) is 81.0 cm³/mol. The third-order valence-corrected chi connectivity index (χ3v) is 2.96. The lowest BCUT2D eigenvalue weighted by Gasteiger charge is -2.11. The summed E-state index contributed by atoms with van der Waals surface area (Å²) < 4.78 is 16.8. The van der Waals surface area contributed by atoms with Crippen molar-refractivity contribution in [2.24, 2.45) is 0 Å². The van der Waals surface area contributed by atoms with Gasteiger partial charge in [0.15, 0.2) is 0 Å². The minimum absolute atomic E-state index is 0.500. The molecular weight excluding hydrogens is 322 g/mol. The summed E-state index contributed by atoms with van der Waals surface area (Å²) in [5.41, 5.74) is 0.790. The van der Waals surface area contributed by atoms with Crippen LogP contribution in [0.25, 0.3) is 6.08 Å². The Balaban J connectivity index is 2.37. The summed E-state index contributed by atoms with van der Waals surface area (Å²) in [4.78, 5) is 4.24. The van der Waals surface area contributed by atoms with E-state index < -0.39 is 0 Å². The molecule has 104 valence electrons. The Hall–Kier alpha value is -2.01. The standard InChI is InChI=1S/C15H14BrNO3/c1-18-10-9-11-12(19-2)5-3-6-13(11)20-15-8-4-7-14(16)17-15/h3-10H,1-2H3/b10-9+. The van der Waals surface area contributed by atoms with Gasteiger partial charge in [0, 0.05) is 6.07 Å². The van der Waals surface area contributed by atoms with Gasteiger partial charge in [-0.25, -0.2) is 4.98 Å². The average molecular weight is 336 g/mol. The molecule has 0 saturated carbocycles. The quantitative estimate of drug-likeness (QED) is 0.604. The molecule has 1 heterocycles. The van der Waals surface area contributed by atoms with Crippen LogP contribution in [-0.2, 0) is 4.74 Å². The lowest BCUT2D eigenvalue weighted by atomic mass is 10.1. The van der Waals surface area contributed by atoms with Gasteiger partial charge in [0.2, 0.25) is 5.88 Å². The van der Waals surface area contributed by atoms with E-state index in [-0.39, 0.29) is 0 Å². The highest BCUT2D eigenvalue weighted by atomic mass is 79.9. The van der Waals surface area contributed by atoms with Gasteiger partial charge in [0.05, 0.1) is 26.0 Å². The lowest BCUT2D eigenvalue weighted by Crippen LogP contribution is -1.93. The van der Waals surface area contributed by atoms with E-state index in [2.05, 4.69) is 20.9 Å². The minimum atomic E-state index is 0.500. The van der Waals surface area contributed by atoms with Crippen LogP contribution in [0.15, 0.2) is 47.3 Å². The molecule has 0 unspecified atom stereocenters. The summed E-state index contributed by atoms with van der Waals surface area (Å²) in [6.45, 7) is 0. The van der Waals surface area contributed by atoms with E-state index in [1.165, 1.54) is 0 Å². The fraction of sp³-hybridized carbons (Fsp3) is 0.133. The minimum Gasteiger partial charge on any atom is -0.504 e. The predicted octanol–water partition coefficient (Wildman–Crippen LogP) is 4.26. The molecule has 2 aromatic rings. The second-order valence-electron chi connectivity index (χ2n) is 3.81. The summed E-state index contributed by atoms with van der Waals surface area (Å²) in [7, 11) is 3.20. The monoisotopic (exact) mass is 335 g/mol. The number of aromatic nitrogens is 1. The van der Waals surface area contributed by atoms with Crippen LogP contribution in [0.2, 0.25) is 0 Å². The van der Waals surface area contributed by atoms with Gasteiger partial charge >= 0.3 is 0 Å². The van der Waals surface area contributed by atoms with Crippen molar-refractivity contribution < 1.29 is 14.2 Å². The number of ether oxygens (including phenoxy) is 3. The van der Waals surface area contributed by atoms with Crippen molar-refractivity contribution in [3.05, 3.63) is 52.8 Å². The molecular formula is C15H14BrNO3. The van der Waals surface area contributed by atoms with Crippen LogP contribution >= 0.6 is 15.9 Å². The van der Waals surface area contributed by atoms with E-state index >= 15 is 0 Å². The Morgan fingerprint density at radius 3 is 2.50 bits per heavy atom. The first-order valence-electron chi connectivity index (χ1n) is 5.91. The van der Waals surface area contributed by atoms with Crippen LogP contribution in [-0.4, -0.2) is 19.2 Å². The fourth-order valence-electron chi connectivity index (χ4n) is 1.65. The summed E-state index contributed by atoms with van der Waals surface area (Å²) in [6.07, 6.45) is 3.35. The molecule has 1 aromatic heterocycles. The first-order chi connectivity index (χ1) is 9.74. The van der Waals surface area contributed by atoms with Crippen molar-refractivity contribution >= 4 is 22.0 Å². The van der Waals surface area contributed by atoms with E-state index in [1.54, 1.807) is 32.6 Å². The lowest BCUT2D eigenvalue weighted by molar-refractivity contribution is 0.340. The third-order valence-electron chi connectivity index (χ3n) is 2.52. The third kappa shape index (κ3) is 3.51. The molecule has 0 atom stereocenters. The van der Waals surface area contributed by atoms with E-state index in [1.807, 2.05) is 30.3 Å². The number of nitrogens with zero attached hydrogens (tertiary/aromatic N) is 1. The second kappa shape index (κ2) is 6.96. The average Bonchev–Trinajstić information content (AvgIpc) is 2.45. The van der Waals surface area contributed by atoms with Crippen LogP contribution in [0.5, 0.6) is 17.4 Å². The molecule has 0 spiro atoms. The van der Waals surface area contributed by atoms with Crippen LogP contribution < -0.4 is 9.47 Å². The van der Waals surface area contributed by atoms with Gasteiger partial charge in [-0.05, 0) is 40.2 Å². The first kappa shape index (κ1) is 14.4. The molecule has 0 aliphatic rings. The van der Waals surface area contributed by atoms with Gasteiger partial charge in [-0.3, -0.25) is 0 Å². The van der Waals surface area contributed by atoms with Crippen molar-refractivity contribution in [2.75, 3.05) is 14.2 Å². The molecule has 0 fully saturated rings. The SMILES string of the molecule is CO/C=C/c1c(OC)cccc1Oc1cccc(Br)n1. The number of hydrogen-bond donors (Lipinski definition) is 0. The summed E-state index contributed by atoms with van der Waals surface area (Å²) in [6, 6.07) is 11.0. The first-order valence-corrected chi connectivity index (χ1v) is 6.70. The van der Waals surface area contributed by atoms with Crippen molar-refractivity contribution in [1.29, 1.82) is 0 Å². The maximum Gasteiger partial charge on any atom is 0.220 e. The van der Waals surface area contributed by atoms with Crippen LogP contribution in [0.4, 0.5) is 0 Å². The number of benzene rings is 1. The molecule has 0 amide bonds. The van der Waals surface area contributed by atoms with E-state index in [4.69, 9.17) is 14.2 Å². The molecule has 0 radical (unpaired) electrons. The number of hydrogen-bond acceptors (Lipinski definition) is 4. The number of methoxy groups -OCH3 is 2. The van der Waals surface area contributed by atoms with Gasteiger partial charge in [0.25, 0.3) is 0 Å². The molecule has 20 heavy (non-hydrogen) atoms. The molecule has 2 rings (SSSR count).